The lowest BCUT2D eigenvalue weighted by atomic mass is 9.71. The maximum Gasteiger partial charge on any atom is 0.269 e. The Morgan fingerprint density at radius 2 is 2.03 bits per heavy atom. The van der Waals surface area contributed by atoms with Crippen molar-refractivity contribution >= 4 is 39.9 Å². The molecule has 0 aromatic heterocycles. The van der Waals surface area contributed by atoms with Crippen LogP contribution in [0.25, 0.3) is 0 Å². The molecule has 1 amide bonds. The Morgan fingerprint density at radius 3 is 2.73 bits per heavy atom. The topological polar surface area (TPSA) is 93.5 Å². The quantitative estimate of drug-likeness (QED) is 0.343. The van der Waals surface area contributed by atoms with Gasteiger partial charge in [0.15, 0.2) is 0 Å². The Labute approximate surface area is 188 Å². The molecule has 3 unspecified atom stereocenters. The van der Waals surface area contributed by atoms with Crippen LogP contribution in [0.2, 0.25) is 0 Å². The van der Waals surface area contributed by atoms with Crippen LogP contribution in [-0.2, 0) is 4.74 Å². The van der Waals surface area contributed by atoms with Gasteiger partial charge in [-0.15, -0.1) is 0 Å². The van der Waals surface area contributed by atoms with E-state index >= 15 is 0 Å². The normalized spacial score (nSPS) is 22.6. The van der Waals surface area contributed by atoms with Gasteiger partial charge < -0.3 is 15.4 Å². The van der Waals surface area contributed by atoms with E-state index < -0.39 is 0 Å². The number of ether oxygens (including phenoxy) is 1. The summed E-state index contributed by atoms with van der Waals surface area (Å²) in [6, 6.07) is 12.4. The van der Waals surface area contributed by atoms with Gasteiger partial charge in [-0.2, -0.15) is 0 Å². The number of nitro benzene ring substituents is 1. The Morgan fingerprint density at radius 1 is 1.30 bits per heavy atom. The van der Waals surface area contributed by atoms with Gasteiger partial charge >= 0.3 is 0 Å². The van der Waals surface area contributed by atoms with Crippen LogP contribution in [-0.4, -0.2) is 30.0 Å². The van der Waals surface area contributed by atoms with E-state index in [4.69, 9.17) is 4.74 Å². The van der Waals surface area contributed by atoms with Crippen LogP contribution in [0.15, 0.2) is 42.5 Å². The lowest BCUT2D eigenvalue weighted by Crippen LogP contribution is -2.51. The number of hydrogen-bond acceptors (Lipinski definition) is 5. The van der Waals surface area contributed by atoms with Crippen molar-refractivity contribution in [1.82, 2.24) is 5.32 Å². The average Bonchev–Trinajstić information content (AvgIpc) is 3.21. The summed E-state index contributed by atoms with van der Waals surface area (Å²) in [7, 11) is 0. The number of rotatable bonds is 5. The van der Waals surface area contributed by atoms with E-state index in [0.717, 1.165) is 21.2 Å². The van der Waals surface area contributed by atoms with Gasteiger partial charge in [0.25, 0.3) is 11.6 Å². The molecule has 4 rings (SSSR count). The number of benzene rings is 2. The van der Waals surface area contributed by atoms with Crippen molar-refractivity contribution in [3.8, 4) is 0 Å². The highest BCUT2D eigenvalue weighted by atomic mass is 127. The molecule has 3 atom stereocenters. The smallest absolute Gasteiger partial charge is 0.269 e. The fourth-order valence-corrected chi connectivity index (χ4v) is 4.83. The van der Waals surface area contributed by atoms with Gasteiger partial charge in [0.05, 0.1) is 11.0 Å². The Kier molecular flexibility index (Phi) is 5.71. The monoisotopic (exact) mass is 521 g/mol. The van der Waals surface area contributed by atoms with Crippen LogP contribution in [0.5, 0.6) is 0 Å². The van der Waals surface area contributed by atoms with Gasteiger partial charge in [-0.05, 0) is 59.3 Å². The number of anilines is 1. The third-order valence-electron chi connectivity index (χ3n) is 6.08. The second-order valence-electron chi connectivity index (χ2n) is 8.57. The number of hydrogen-bond donors (Lipinski definition) is 2. The highest BCUT2D eigenvalue weighted by Crippen LogP contribution is 2.49. The summed E-state index contributed by atoms with van der Waals surface area (Å²) >= 11 is 2.21. The largest absolute Gasteiger partial charge is 0.381 e. The van der Waals surface area contributed by atoms with Gasteiger partial charge in [-0.3, -0.25) is 14.9 Å². The second kappa shape index (κ2) is 8.14. The SMILES string of the molecule is CC(C)(CNC(=O)c1ccc(I)cc1)C1Nc2ccc([N+](=O)[O-])cc2C2OCCC21. The first-order valence-electron chi connectivity index (χ1n) is 9.96. The van der Waals surface area contributed by atoms with Crippen LogP contribution in [0.3, 0.4) is 0 Å². The molecule has 7 nitrogen and oxygen atoms in total. The number of amides is 1. The van der Waals surface area contributed by atoms with Crippen molar-refractivity contribution in [3.05, 3.63) is 67.3 Å². The van der Waals surface area contributed by atoms with Crippen molar-refractivity contribution < 1.29 is 14.5 Å². The number of nitrogens with zero attached hydrogens (tertiary/aromatic N) is 1. The number of halogens is 1. The minimum Gasteiger partial charge on any atom is -0.381 e. The molecule has 0 radical (unpaired) electrons. The van der Waals surface area contributed by atoms with Gasteiger partial charge in [0.1, 0.15) is 0 Å². The molecule has 158 valence electrons. The third-order valence-corrected chi connectivity index (χ3v) is 6.80. The van der Waals surface area contributed by atoms with Crippen LogP contribution >= 0.6 is 22.6 Å². The summed E-state index contributed by atoms with van der Waals surface area (Å²) in [6.07, 6.45) is 0.705. The molecule has 2 aliphatic rings. The summed E-state index contributed by atoms with van der Waals surface area (Å²) in [6.45, 7) is 5.39. The van der Waals surface area contributed by atoms with Crippen molar-refractivity contribution in [2.45, 2.75) is 32.4 Å². The van der Waals surface area contributed by atoms with E-state index in [-0.39, 0.29) is 40.0 Å². The zero-order chi connectivity index (χ0) is 21.5. The Hall–Kier alpha value is -2.20. The van der Waals surface area contributed by atoms with Gasteiger partial charge in [-0.25, -0.2) is 0 Å². The molecule has 2 aliphatic heterocycles. The minimum absolute atomic E-state index is 0.0657. The maximum absolute atomic E-state index is 12.6. The summed E-state index contributed by atoms with van der Waals surface area (Å²) in [4.78, 5) is 23.4. The zero-order valence-electron chi connectivity index (χ0n) is 16.9. The molecule has 0 aliphatic carbocycles. The fraction of sp³-hybridized carbons (Fsp3) is 0.409. The first-order chi connectivity index (χ1) is 14.3. The Balaban J connectivity index is 1.53. The number of non-ortho nitro benzene ring substituents is 1. The summed E-state index contributed by atoms with van der Waals surface area (Å²) in [5, 5.41) is 17.9. The number of carbonyl (C=O) groups excluding carboxylic acids is 1. The molecular formula is C22H24IN3O4. The molecule has 0 bridgehead atoms. The highest BCUT2D eigenvalue weighted by molar-refractivity contribution is 14.1. The van der Waals surface area contributed by atoms with Crippen molar-refractivity contribution in [1.29, 1.82) is 0 Å². The van der Waals surface area contributed by atoms with E-state index in [1.165, 1.54) is 6.07 Å². The maximum atomic E-state index is 12.6. The molecular weight excluding hydrogens is 497 g/mol. The lowest BCUT2D eigenvalue weighted by Gasteiger charge is -2.44. The van der Waals surface area contributed by atoms with Crippen LogP contribution in [0.1, 0.15) is 42.3 Å². The summed E-state index contributed by atoms with van der Waals surface area (Å²) in [5.74, 6) is 0.0928. The molecule has 2 aromatic carbocycles. The number of nitro groups is 1. The molecule has 2 heterocycles. The predicted molar refractivity (Wildman–Crippen MR) is 123 cm³/mol. The molecule has 2 aromatic rings. The van der Waals surface area contributed by atoms with Crippen molar-refractivity contribution in [2.24, 2.45) is 11.3 Å². The molecule has 1 saturated heterocycles. The average molecular weight is 521 g/mol. The van der Waals surface area contributed by atoms with E-state index in [1.54, 1.807) is 12.1 Å². The highest BCUT2D eigenvalue weighted by Gasteiger charge is 2.47. The predicted octanol–water partition coefficient (Wildman–Crippen LogP) is 4.53. The van der Waals surface area contributed by atoms with Crippen LogP contribution in [0, 0.1) is 25.0 Å². The second-order valence-corrected chi connectivity index (χ2v) is 9.82. The molecule has 1 fully saturated rings. The molecule has 30 heavy (non-hydrogen) atoms. The first kappa shape index (κ1) is 21.0. The van der Waals surface area contributed by atoms with E-state index in [9.17, 15) is 14.9 Å². The first-order valence-corrected chi connectivity index (χ1v) is 11.0. The zero-order valence-corrected chi connectivity index (χ0v) is 19.0. The van der Waals surface area contributed by atoms with Gasteiger partial charge in [-0.1, -0.05) is 13.8 Å². The van der Waals surface area contributed by atoms with Crippen molar-refractivity contribution in [3.63, 3.8) is 0 Å². The van der Waals surface area contributed by atoms with Crippen molar-refractivity contribution in [2.75, 3.05) is 18.5 Å². The van der Waals surface area contributed by atoms with Crippen LogP contribution < -0.4 is 10.6 Å². The lowest BCUT2D eigenvalue weighted by molar-refractivity contribution is -0.385. The molecule has 2 N–H and O–H groups in total. The van der Waals surface area contributed by atoms with E-state index in [2.05, 4.69) is 47.1 Å². The molecule has 8 heteroatoms. The van der Waals surface area contributed by atoms with E-state index in [0.29, 0.717) is 18.7 Å². The minimum atomic E-state index is -0.375. The van der Waals surface area contributed by atoms with Crippen LogP contribution in [0.4, 0.5) is 11.4 Å². The van der Waals surface area contributed by atoms with E-state index in [1.807, 2.05) is 24.3 Å². The number of carbonyl (C=O) groups is 1. The standard InChI is InChI=1S/C22H24IN3O4/c1-22(2,12-24-21(27)13-3-5-14(23)6-4-13)20-16-9-10-30-19(16)17-11-15(26(28)29)7-8-18(17)25-20/h3-8,11,16,19-20,25H,9-10,12H2,1-2H3,(H,24,27). The number of nitrogens with one attached hydrogen (secondary N) is 2. The fourth-order valence-electron chi connectivity index (χ4n) is 4.47. The molecule has 0 saturated carbocycles. The van der Waals surface area contributed by atoms with Gasteiger partial charge in [0.2, 0.25) is 0 Å². The third kappa shape index (κ3) is 4.02. The number of fused-ring (bicyclic) bond motifs is 3. The Bertz CT molecular complexity index is 977. The molecule has 0 spiro atoms. The van der Waals surface area contributed by atoms with Gasteiger partial charge in [0, 0.05) is 63.0 Å². The summed E-state index contributed by atoms with van der Waals surface area (Å²) in [5.41, 5.74) is 2.18. The summed E-state index contributed by atoms with van der Waals surface area (Å²) < 4.78 is 7.08.